The van der Waals surface area contributed by atoms with Gasteiger partial charge in [0, 0.05) is 26.2 Å². The zero-order valence-corrected chi connectivity index (χ0v) is 18.6. The van der Waals surface area contributed by atoms with Crippen LogP contribution < -0.4 is 10.1 Å². The van der Waals surface area contributed by atoms with E-state index in [1.165, 1.54) is 16.7 Å². The highest BCUT2D eigenvalue weighted by molar-refractivity contribution is 6.08. The van der Waals surface area contributed by atoms with E-state index in [1.807, 2.05) is 45.0 Å². The van der Waals surface area contributed by atoms with Crippen LogP contribution in [0, 0.1) is 13.8 Å². The first kappa shape index (κ1) is 22.1. The number of amides is 2. The summed E-state index contributed by atoms with van der Waals surface area (Å²) >= 11 is 0. The van der Waals surface area contributed by atoms with Crippen LogP contribution in [0.15, 0.2) is 48.7 Å². The zero-order chi connectivity index (χ0) is 22.5. The first-order valence-corrected chi connectivity index (χ1v) is 10.2. The molecule has 1 aromatic heterocycles. The van der Waals surface area contributed by atoms with Gasteiger partial charge >= 0.3 is 0 Å². The first-order valence-electron chi connectivity index (χ1n) is 10.2. The Labute approximate surface area is 182 Å². The molecular formula is C24H28N4O3. The largest absolute Gasteiger partial charge is 0.489 e. The number of carbonyl (C=O) groups is 2. The Morgan fingerprint density at radius 3 is 2.58 bits per heavy atom. The lowest BCUT2D eigenvalue weighted by Crippen LogP contribution is -2.26. The van der Waals surface area contributed by atoms with Crippen LogP contribution in [-0.4, -0.2) is 40.6 Å². The maximum absolute atomic E-state index is 12.9. The van der Waals surface area contributed by atoms with E-state index < -0.39 is 0 Å². The van der Waals surface area contributed by atoms with Gasteiger partial charge in [-0.2, -0.15) is 5.10 Å². The standard InChI is InChI=1S/C24H28N4O3/c1-6-28-22(24(30)27(4)5)20(14-25-28)26-23(29)19-9-7-8-18(13-19)15-31-21-11-10-16(2)12-17(21)3/h7-14H,6,15H2,1-5H3,(H,26,29). The third-order valence-corrected chi connectivity index (χ3v) is 4.91. The fourth-order valence-electron chi connectivity index (χ4n) is 3.27. The van der Waals surface area contributed by atoms with E-state index in [0.717, 1.165) is 16.9 Å². The molecule has 3 rings (SSSR count). The van der Waals surface area contributed by atoms with Gasteiger partial charge in [0.25, 0.3) is 11.8 Å². The summed E-state index contributed by atoms with van der Waals surface area (Å²) in [7, 11) is 3.33. The van der Waals surface area contributed by atoms with E-state index in [2.05, 4.69) is 16.5 Å². The molecule has 1 N–H and O–H groups in total. The molecule has 0 aliphatic heterocycles. The van der Waals surface area contributed by atoms with Crippen LogP contribution >= 0.6 is 0 Å². The third-order valence-electron chi connectivity index (χ3n) is 4.91. The second-order valence-electron chi connectivity index (χ2n) is 7.63. The number of rotatable bonds is 7. The lowest BCUT2D eigenvalue weighted by molar-refractivity contribution is 0.0816. The molecule has 2 amide bonds. The van der Waals surface area contributed by atoms with Crippen molar-refractivity contribution in [3.63, 3.8) is 0 Å². The Bertz CT molecular complexity index is 1100. The van der Waals surface area contributed by atoms with Gasteiger partial charge in [0.2, 0.25) is 0 Å². The lowest BCUT2D eigenvalue weighted by atomic mass is 10.1. The molecular weight excluding hydrogens is 392 g/mol. The molecule has 162 valence electrons. The van der Waals surface area contributed by atoms with E-state index in [4.69, 9.17) is 4.74 Å². The molecule has 0 saturated heterocycles. The Morgan fingerprint density at radius 2 is 1.90 bits per heavy atom. The predicted molar refractivity (Wildman–Crippen MR) is 121 cm³/mol. The SMILES string of the molecule is CCn1ncc(NC(=O)c2cccc(COc3ccc(C)cc3C)c2)c1C(=O)N(C)C. The van der Waals surface area contributed by atoms with Crippen molar-refractivity contribution in [1.82, 2.24) is 14.7 Å². The number of ether oxygens (including phenoxy) is 1. The molecule has 3 aromatic rings. The molecule has 31 heavy (non-hydrogen) atoms. The predicted octanol–water partition coefficient (Wildman–Crippen LogP) is 4.05. The summed E-state index contributed by atoms with van der Waals surface area (Å²) in [6.07, 6.45) is 1.51. The second kappa shape index (κ2) is 9.47. The van der Waals surface area contributed by atoms with Gasteiger partial charge in [0.05, 0.1) is 11.9 Å². The van der Waals surface area contributed by atoms with Crippen LogP contribution in [0.2, 0.25) is 0 Å². The van der Waals surface area contributed by atoms with Gasteiger partial charge in [0.1, 0.15) is 18.1 Å². The van der Waals surface area contributed by atoms with Crippen molar-refractivity contribution >= 4 is 17.5 Å². The number of aromatic nitrogens is 2. The number of anilines is 1. The molecule has 0 aliphatic rings. The Morgan fingerprint density at radius 1 is 1.13 bits per heavy atom. The number of benzene rings is 2. The summed E-state index contributed by atoms with van der Waals surface area (Å²) in [4.78, 5) is 26.9. The minimum Gasteiger partial charge on any atom is -0.489 e. The Hall–Kier alpha value is -3.61. The number of aryl methyl sites for hydroxylation is 3. The van der Waals surface area contributed by atoms with Crippen molar-refractivity contribution in [2.24, 2.45) is 0 Å². The van der Waals surface area contributed by atoms with Gasteiger partial charge in [-0.3, -0.25) is 14.3 Å². The fourth-order valence-corrected chi connectivity index (χ4v) is 3.27. The van der Waals surface area contributed by atoms with Crippen LogP contribution in [0.3, 0.4) is 0 Å². The van der Waals surface area contributed by atoms with Crippen LogP contribution in [0.1, 0.15) is 44.5 Å². The van der Waals surface area contributed by atoms with Gasteiger partial charge in [-0.05, 0) is 50.1 Å². The van der Waals surface area contributed by atoms with Crippen molar-refractivity contribution in [1.29, 1.82) is 0 Å². The van der Waals surface area contributed by atoms with Crippen molar-refractivity contribution < 1.29 is 14.3 Å². The van der Waals surface area contributed by atoms with Gasteiger partial charge in [-0.15, -0.1) is 0 Å². The number of nitrogens with zero attached hydrogens (tertiary/aromatic N) is 3. The highest BCUT2D eigenvalue weighted by atomic mass is 16.5. The summed E-state index contributed by atoms with van der Waals surface area (Å²) in [6, 6.07) is 13.3. The van der Waals surface area contributed by atoms with Crippen molar-refractivity contribution in [2.45, 2.75) is 33.9 Å². The second-order valence-corrected chi connectivity index (χ2v) is 7.63. The molecule has 0 atom stereocenters. The molecule has 0 aliphatic carbocycles. The highest BCUT2D eigenvalue weighted by Gasteiger charge is 2.21. The summed E-state index contributed by atoms with van der Waals surface area (Å²) < 4.78 is 7.51. The Balaban J connectivity index is 1.75. The maximum atomic E-state index is 12.9. The van der Waals surface area contributed by atoms with Gasteiger partial charge in [0.15, 0.2) is 0 Å². The van der Waals surface area contributed by atoms with E-state index in [0.29, 0.717) is 30.1 Å². The number of hydrogen-bond donors (Lipinski definition) is 1. The molecule has 0 unspecified atom stereocenters. The average molecular weight is 421 g/mol. The minimum atomic E-state index is -0.308. The van der Waals surface area contributed by atoms with E-state index >= 15 is 0 Å². The smallest absolute Gasteiger partial charge is 0.273 e. The summed E-state index contributed by atoms with van der Waals surface area (Å²) in [5, 5.41) is 7.04. The molecule has 7 heteroatoms. The van der Waals surface area contributed by atoms with Crippen LogP contribution in [-0.2, 0) is 13.2 Å². The van der Waals surface area contributed by atoms with E-state index in [-0.39, 0.29) is 11.8 Å². The molecule has 0 radical (unpaired) electrons. The molecule has 2 aromatic carbocycles. The molecule has 0 fully saturated rings. The van der Waals surface area contributed by atoms with Gasteiger partial charge in [-0.25, -0.2) is 0 Å². The topological polar surface area (TPSA) is 76.5 Å². The van der Waals surface area contributed by atoms with Crippen LogP contribution in [0.4, 0.5) is 5.69 Å². The van der Waals surface area contributed by atoms with Crippen molar-refractivity contribution in [2.75, 3.05) is 19.4 Å². The maximum Gasteiger partial charge on any atom is 0.273 e. The zero-order valence-electron chi connectivity index (χ0n) is 18.6. The van der Waals surface area contributed by atoms with E-state index in [9.17, 15) is 9.59 Å². The highest BCUT2D eigenvalue weighted by Crippen LogP contribution is 2.21. The minimum absolute atomic E-state index is 0.217. The van der Waals surface area contributed by atoms with Crippen LogP contribution in [0.25, 0.3) is 0 Å². The number of nitrogens with one attached hydrogen (secondary N) is 1. The third kappa shape index (κ3) is 5.12. The fraction of sp³-hybridized carbons (Fsp3) is 0.292. The van der Waals surface area contributed by atoms with Gasteiger partial charge in [-0.1, -0.05) is 29.8 Å². The van der Waals surface area contributed by atoms with Gasteiger partial charge < -0.3 is 15.0 Å². The lowest BCUT2D eigenvalue weighted by Gasteiger charge is -2.14. The normalized spacial score (nSPS) is 10.6. The molecule has 0 spiro atoms. The molecule has 7 nitrogen and oxygen atoms in total. The monoisotopic (exact) mass is 420 g/mol. The number of hydrogen-bond acceptors (Lipinski definition) is 4. The van der Waals surface area contributed by atoms with Crippen LogP contribution in [0.5, 0.6) is 5.75 Å². The van der Waals surface area contributed by atoms with E-state index in [1.54, 1.807) is 30.9 Å². The number of carbonyl (C=O) groups excluding carboxylic acids is 2. The first-order chi connectivity index (χ1) is 14.8. The molecule has 0 bridgehead atoms. The quantitative estimate of drug-likeness (QED) is 0.626. The van der Waals surface area contributed by atoms with Crippen molar-refractivity contribution in [3.05, 3.63) is 76.6 Å². The average Bonchev–Trinajstić information content (AvgIpc) is 3.15. The summed E-state index contributed by atoms with van der Waals surface area (Å²) in [6.45, 7) is 6.82. The summed E-state index contributed by atoms with van der Waals surface area (Å²) in [5.74, 6) is 0.293. The molecule has 0 saturated carbocycles. The van der Waals surface area contributed by atoms with Crippen molar-refractivity contribution in [3.8, 4) is 5.75 Å². The molecule has 1 heterocycles. The Kier molecular flexibility index (Phi) is 6.74. The summed E-state index contributed by atoms with van der Waals surface area (Å²) in [5.41, 5.74) is 4.36.